The van der Waals surface area contributed by atoms with E-state index >= 15 is 0 Å². The van der Waals surface area contributed by atoms with Gasteiger partial charge < -0.3 is 5.73 Å². The van der Waals surface area contributed by atoms with Gasteiger partial charge in [-0.25, -0.2) is 0 Å². The van der Waals surface area contributed by atoms with E-state index in [4.69, 9.17) is 17.3 Å². The van der Waals surface area contributed by atoms with Crippen LogP contribution in [-0.4, -0.2) is 15.8 Å². The Hall–Kier alpha value is -0.540. The Kier molecular flexibility index (Phi) is 4.50. The number of halogens is 1. The Morgan fingerprint density at radius 1 is 1.40 bits per heavy atom. The van der Waals surface area contributed by atoms with Gasteiger partial charge in [0.05, 0.1) is 16.4 Å². The van der Waals surface area contributed by atoms with E-state index in [1.807, 2.05) is 18.7 Å². The van der Waals surface area contributed by atoms with Crippen molar-refractivity contribution in [3.63, 3.8) is 0 Å². The maximum Gasteiger partial charge on any atom is 0.0847 e. The fraction of sp³-hybridized carbons (Fsp3) is 0.812. The smallest absolute Gasteiger partial charge is 0.0847 e. The Morgan fingerprint density at radius 2 is 2.05 bits per heavy atom. The fourth-order valence-electron chi connectivity index (χ4n) is 3.83. The highest BCUT2D eigenvalue weighted by molar-refractivity contribution is 6.31. The van der Waals surface area contributed by atoms with Crippen LogP contribution in [-0.2, 0) is 13.5 Å². The molecule has 3 atom stereocenters. The van der Waals surface area contributed by atoms with E-state index in [0.29, 0.717) is 12.0 Å². The molecule has 1 saturated carbocycles. The molecule has 0 saturated heterocycles. The first-order valence-corrected chi connectivity index (χ1v) is 8.03. The first kappa shape index (κ1) is 15.8. The zero-order valence-corrected chi connectivity index (χ0v) is 14.2. The molecule has 1 aromatic heterocycles. The van der Waals surface area contributed by atoms with E-state index in [1.54, 1.807) is 0 Å². The van der Waals surface area contributed by atoms with Crippen LogP contribution in [0.15, 0.2) is 0 Å². The van der Waals surface area contributed by atoms with Crippen LogP contribution in [0.2, 0.25) is 5.02 Å². The summed E-state index contributed by atoms with van der Waals surface area (Å²) in [4.78, 5) is 0. The van der Waals surface area contributed by atoms with Crippen molar-refractivity contribution in [1.29, 1.82) is 0 Å². The van der Waals surface area contributed by atoms with E-state index < -0.39 is 0 Å². The standard InChI is InChI=1S/C16H28ClN3/c1-10-6-7-12(13(18)8-10)16(3,4)9-14-15(17)11(2)19-20(14)5/h10,12-13H,6-9,18H2,1-5H3. The molecule has 3 nitrogen and oxygen atoms in total. The van der Waals surface area contributed by atoms with Crippen molar-refractivity contribution < 1.29 is 0 Å². The molecule has 4 heteroatoms. The van der Waals surface area contributed by atoms with E-state index in [9.17, 15) is 0 Å². The van der Waals surface area contributed by atoms with Crippen LogP contribution >= 0.6 is 11.6 Å². The van der Waals surface area contributed by atoms with Gasteiger partial charge in [0.2, 0.25) is 0 Å². The average molecular weight is 298 g/mol. The topological polar surface area (TPSA) is 43.8 Å². The van der Waals surface area contributed by atoms with E-state index in [-0.39, 0.29) is 5.41 Å². The minimum atomic E-state index is 0.156. The third kappa shape index (κ3) is 3.04. The molecule has 114 valence electrons. The second-order valence-electron chi connectivity index (χ2n) is 7.32. The van der Waals surface area contributed by atoms with Crippen LogP contribution in [0, 0.1) is 24.2 Å². The molecule has 1 heterocycles. The molecule has 2 N–H and O–H groups in total. The summed E-state index contributed by atoms with van der Waals surface area (Å²) >= 11 is 6.40. The molecule has 3 unspecified atom stereocenters. The number of nitrogens with two attached hydrogens (primary N) is 1. The van der Waals surface area contributed by atoms with Gasteiger partial charge in [-0.05, 0) is 43.4 Å². The highest BCUT2D eigenvalue weighted by atomic mass is 35.5. The maximum atomic E-state index is 6.44. The number of rotatable bonds is 3. The third-order valence-electron chi connectivity index (χ3n) is 5.05. The van der Waals surface area contributed by atoms with Crippen molar-refractivity contribution in [2.75, 3.05) is 0 Å². The predicted molar refractivity (Wildman–Crippen MR) is 84.9 cm³/mol. The van der Waals surface area contributed by atoms with E-state index in [0.717, 1.165) is 35.2 Å². The molecular formula is C16H28ClN3. The van der Waals surface area contributed by atoms with Crippen molar-refractivity contribution >= 4 is 11.6 Å². The van der Waals surface area contributed by atoms with Gasteiger partial charge in [-0.15, -0.1) is 0 Å². The van der Waals surface area contributed by atoms with Crippen LogP contribution < -0.4 is 5.73 Å². The molecule has 0 aromatic carbocycles. The first-order chi connectivity index (χ1) is 9.22. The van der Waals surface area contributed by atoms with Gasteiger partial charge in [0.25, 0.3) is 0 Å². The Labute approximate surface area is 127 Å². The van der Waals surface area contributed by atoms with Crippen LogP contribution in [0.4, 0.5) is 0 Å². The normalized spacial score (nSPS) is 27.9. The van der Waals surface area contributed by atoms with Crippen molar-refractivity contribution in [2.24, 2.45) is 30.0 Å². The molecule has 0 amide bonds. The van der Waals surface area contributed by atoms with Gasteiger partial charge in [-0.3, -0.25) is 4.68 Å². The van der Waals surface area contributed by atoms with Crippen LogP contribution in [0.1, 0.15) is 51.4 Å². The zero-order chi connectivity index (χ0) is 15.1. The Morgan fingerprint density at radius 3 is 2.55 bits per heavy atom. The summed E-state index contributed by atoms with van der Waals surface area (Å²) in [5, 5.41) is 5.24. The molecule has 20 heavy (non-hydrogen) atoms. The summed E-state index contributed by atoms with van der Waals surface area (Å²) in [6.07, 6.45) is 4.60. The molecule has 0 radical (unpaired) electrons. The second-order valence-corrected chi connectivity index (χ2v) is 7.70. The third-order valence-corrected chi connectivity index (χ3v) is 5.54. The number of nitrogens with zero attached hydrogens (tertiary/aromatic N) is 2. The van der Waals surface area contributed by atoms with Gasteiger partial charge in [-0.2, -0.15) is 5.10 Å². The van der Waals surface area contributed by atoms with Gasteiger partial charge >= 0.3 is 0 Å². The molecule has 0 aliphatic heterocycles. The maximum absolute atomic E-state index is 6.44. The number of hydrogen-bond acceptors (Lipinski definition) is 2. The summed E-state index contributed by atoms with van der Waals surface area (Å²) in [5.41, 5.74) is 8.65. The lowest BCUT2D eigenvalue weighted by Crippen LogP contribution is -2.44. The lowest BCUT2D eigenvalue weighted by Gasteiger charge is -2.43. The summed E-state index contributed by atoms with van der Waals surface area (Å²) in [5.74, 6) is 1.32. The van der Waals surface area contributed by atoms with Gasteiger partial charge in [0, 0.05) is 13.1 Å². The van der Waals surface area contributed by atoms with Crippen LogP contribution in [0.25, 0.3) is 0 Å². The summed E-state index contributed by atoms with van der Waals surface area (Å²) < 4.78 is 1.93. The van der Waals surface area contributed by atoms with Crippen LogP contribution in [0.5, 0.6) is 0 Å². The Bertz CT molecular complexity index is 478. The highest BCUT2D eigenvalue weighted by Gasteiger charge is 2.38. The van der Waals surface area contributed by atoms with Gasteiger partial charge in [0.1, 0.15) is 0 Å². The number of aromatic nitrogens is 2. The fourth-order valence-corrected chi connectivity index (χ4v) is 4.06. The van der Waals surface area contributed by atoms with Gasteiger partial charge in [-0.1, -0.05) is 38.8 Å². The number of hydrogen-bond donors (Lipinski definition) is 1. The average Bonchev–Trinajstić information content (AvgIpc) is 2.55. The summed E-state index contributed by atoms with van der Waals surface area (Å²) in [6.45, 7) is 8.93. The second kappa shape index (κ2) is 5.69. The molecule has 2 rings (SSSR count). The van der Waals surface area contributed by atoms with Crippen molar-refractivity contribution in [3.05, 3.63) is 16.4 Å². The monoisotopic (exact) mass is 297 g/mol. The Balaban J connectivity index is 2.18. The minimum Gasteiger partial charge on any atom is -0.327 e. The highest BCUT2D eigenvalue weighted by Crippen LogP contribution is 2.42. The van der Waals surface area contributed by atoms with E-state index in [2.05, 4.69) is 25.9 Å². The van der Waals surface area contributed by atoms with E-state index in [1.165, 1.54) is 12.8 Å². The lowest BCUT2D eigenvalue weighted by atomic mass is 9.65. The number of aryl methyl sites for hydroxylation is 2. The molecule has 0 bridgehead atoms. The largest absolute Gasteiger partial charge is 0.327 e. The molecule has 1 aromatic rings. The van der Waals surface area contributed by atoms with Crippen molar-refractivity contribution in [3.8, 4) is 0 Å². The van der Waals surface area contributed by atoms with Crippen molar-refractivity contribution in [2.45, 2.75) is 59.4 Å². The van der Waals surface area contributed by atoms with Gasteiger partial charge in [0.15, 0.2) is 0 Å². The molecule has 1 aliphatic rings. The van der Waals surface area contributed by atoms with Crippen molar-refractivity contribution in [1.82, 2.24) is 9.78 Å². The molecule has 1 fully saturated rings. The first-order valence-electron chi connectivity index (χ1n) is 7.66. The molecular weight excluding hydrogens is 270 g/mol. The zero-order valence-electron chi connectivity index (χ0n) is 13.4. The lowest BCUT2D eigenvalue weighted by molar-refractivity contribution is 0.111. The summed E-state index contributed by atoms with van der Waals surface area (Å²) in [6, 6.07) is 0.307. The predicted octanol–water partition coefficient (Wildman–Crippen LogP) is 3.71. The minimum absolute atomic E-state index is 0.156. The quantitative estimate of drug-likeness (QED) is 0.924. The van der Waals surface area contributed by atoms with Crippen LogP contribution in [0.3, 0.4) is 0 Å². The molecule has 0 spiro atoms. The SMILES string of the molecule is Cc1nn(C)c(CC(C)(C)C2CCC(C)CC2N)c1Cl. The molecule has 1 aliphatic carbocycles. The summed E-state index contributed by atoms with van der Waals surface area (Å²) in [7, 11) is 1.98.